The predicted octanol–water partition coefficient (Wildman–Crippen LogP) is 1.71. The van der Waals surface area contributed by atoms with E-state index >= 15 is 0 Å². The summed E-state index contributed by atoms with van der Waals surface area (Å²) in [6.45, 7) is 4.36. The van der Waals surface area contributed by atoms with E-state index in [4.69, 9.17) is 9.47 Å². The molecule has 0 saturated heterocycles. The van der Waals surface area contributed by atoms with E-state index in [1.54, 1.807) is 19.5 Å². The lowest BCUT2D eigenvalue weighted by molar-refractivity contribution is 0.141. The summed E-state index contributed by atoms with van der Waals surface area (Å²) in [4.78, 5) is 8.16. The van der Waals surface area contributed by atoms with Gasteiger partial charge in [0.15, 0.2) is 5.75 Å². The monoisotopic (exact) mass is 225 g/mol. The van der Waals surface area contributed by atoms with Gasteiger partial charge in [-0.25, -0.2) is 9.97 Å². The minimum Gasteiger partial charge on any atom is -0.494 e. The number of nitrogens with zero attached hydrogens (tertiary/aromatic N) is 2. The van der Waals surface area contributed by atoms with Crippen LogP contribution in [0.2, 0.25) is 0 Å². The van der Waals surface area contributed by atoms with E-state index in [9.17, 15) is 0 Å². The van der Waals surface area contributed by atoms with Crippen LogP contribution in [0.25, 0.3) is 0 Å². The third-order valence-electron chi connectivity index (χ3n) is 2.04. The highest BCUT2D eigenvalue weighted by atomic mass is 16.5. The Morgan fingerprint density at radius 3 is 2.62 bits per heavy atom. The first kappa shape index (κ1) is 12.7. The summed E-state index contributed by atoms with van der Waals surface area (Å²) < 4.78 is 10.4. The lowest BCUT2D eigenvalue weighted by Crippen LogP contribution is -2.11. The van der Waals surface area contributed by atoms with E-state index in [0.29, 0.717) is 18.3 Å². The Labute approximate surface area is 96.2 Å². The van der Waals surface area contributed by atoms with Crippen LogP contribution in [0.5, 0.6) is 5.75 Å². The lowest BCUT2D eigenvalue weighted by atomic mass is 10.4. The fourth-order valence-electron chi connectivity index (χ4n) is 1.10. The molecule has 0 radical (unpaired) electrons. The van der Waals surface area contributed by atoms with Crippen LogP contribution < -0.4 is 10.1 Å². The third-order valence-corrected chi connectivity index (χ3v) is 2.04. The molecular formula is C11H19N3O2. The second-order valence-electron chi connectivity index (χ2n) is 3.34. The van der Waals surface area contributed by atoms with Crippen LogP contribution in [-0.4, -0.2) is 36.8 Å². The first-order valence-corrected chi connectivity index (χ1v) is 5.54. The van der Waals surface area contributed by atoms with Crippen molar-refractivity contribution in [3.8, 4) is 5.75 Å². The Kier molecular flexibility index (Phi) is 6.25. The van der Waals surface area contributed by atoms with Gasteiger partial charge in [0, 0.05) is 13.2 Å². The van der Waals surface area contributed by atoms with Crippen molar-refractivity contribution in [2.45, 2.75) is 19.8 Å². The summed E-state index contributed by atoms with van der Waals surface area (Å²) in [7, 11) is 1.59. The number of anilines is 1. The van der Waals surface area contributed by atoms with Gasteiger partial charge in [0.25, 0.3) is 0 Å². The number of unbranched alkanes of at least 4 members (excludes halogenated alkanes) is 1. The Bertz CT molecular complexity index is 277. The molecule has 90 valence electrons. The van der Waals surface area contributed by atoms with Gasteiger partial charge in [-0.15, -0.1) is 0 Å². The molecule has 0 aliphatic carbocycles. The number of hydrogen-bond acceptors (Lipinski definition) is 5. The fourth-order valence-corrected chi connectivity index (χ4v) is 1.10. The van der Waals surface area contributed by atoms with Crippen LogP contribution >= 0.6 is 0 Å². The average molecular weight is 225 g/mol. The average Bonchev–Trinajstić information content (AvgIpc) is 2.34. The topological polar surface area (TPSA) is 56.3 Å². The van der Waals surface area contributed by atoms with Crippen LogP contribution in [0, 0.1) is 0 Å². The molecule has 1 aromatic heterocycles. The Morgan fingerprint density at radius 1 is 1.25 bits per heavy atom. The number of aromatic nitrogens is 2. The first-order chi connectivity index (χ1) is 7.86. The minimum atomic E-state index is 0.597. The number of methoxy groups -OCH3 is 1. The molecule has 0 aliphatic rings. The second kappa shape index (κ2) is 7.87. The van der Waals surface area contributed by atoms with Gasteiger partial charge in [-0.2, -0.15) is 0 Å². The SMILES string of the molecule is CCCCOCCNc1ncc(OC)cn1. The maximum Gasteiger partial charge on any atom is 0.222 e. The highest BCUT2D eigenvalue weighted by molar-refractivity contribution is 5.26. The third kappa shape index (κ3) is 4.93. The van der Waals surface area contributed by atoms with Gasteiger partial charge in [0.1, 0.15) is 0 Å². The van der Waals surface area contributed by atoms with E-state index in [1.165, 1.54) is 0 Å². The zero-order valence-electron chi connectivity index (χ0n) is 9.90. The lowest BCUT2D eigenvalue weighted by Gasteiger charge is -2.05. The fraction of sp³-hybridized carbons (Fsp3) is 0.636. The standard InChI is InChI=1S/C11H19N3O2/c1-3-4-6-16-7-5-12-11-13-8-10(15-2)9-14-11/h8-9H,3-7H2,1-2H3,(H,12,13,14). The molecule has 1 N–H and O–H groups in total. The van der Waals surface area contributed by atoms with Crippen molar-refractivity contribution in [2.75, 3.05) is 32.2 Å². The van der Waals surface area contributed by atoms with Gasteiger partial charge >= 0.3 is 0 Å². The van der Waals surface area contributed by atoms with E-state index in [0.717, 1.165) is 26.0 Å². The molecule has 0 saturated carbocycles. The summed E-state index contributed by atoms with van der Waals surface area (Å²) in [6, 6.07) is 0. The molecule has 5 heteroatoms. The van der Waals surface area contributed by atoms with Gasteiger partial charge in [-0.1, -0.05) is 13.3 Å². The molecule has 0 unspecified atom stereocenters. The summed E-state index contributed by atoms with van der Waals surface area (Å²) in [5.74, 6) is 1.25. The van der Waals surface area contributed by atoms with Crippen LogP contribution in [-0.2, 0) is 4.74 Å². The molecule has 1 aromatic rings. The van der Waals surface area contributed by atoms with Gasteiger partial charge < -0.3 is 14.8 Å². The van der Waals surface area contributed by atoms with E-state index in [-0.39, 0.29) is 0 Å². The quantitative estimate of drug-likeness (QED) is 0.683. The van der Waals surface area contributed by atoms with Crippen molar-refractivity contribution in [2.24, 2.45) is 0 Å². The highest BCUT2D eigenvalue weighted by Crippen LogP contribution is 2.06. The van der Waals surface area contributed by atoms with Crippen LogP contribution in [0.3, 0.4) is 0 Å². The van der Waals surface area contributed by atoms with Crippen molar-refractivity contribution in [3.63, 3.8) is 0 Å². The molecule has 0 atom stereocenters. The molecule has 0 bridgehead atoms. The second-order valence-corrected chi connectivity index (χ2v) is 3.34. The summed E-state index contributed by atoms with van der Waals surface area (Å²) in [5.41, 5.74) is 0. The maximum absolute atomic E-state index is 5.40. The Morgan fingerprint density at radius 2 is 2.00 bits per heavy atom. The normalized spacial score (nSPS) is 10.1. The molecule has 5 nitrogen and oxygen atoms in total. The largest absolute Gasteiger partial charge is 0.494 e. The molecule has 0 spiro atoms. The Hall–Kier alpha value is -1.36. The first-order valence-electron chi connectivity index (χ1n) is 5.54. The smallest absolute Gasteiger partial charge is 0.222 e. The van der Waals surface area contributed by atoms with Gasteiger partial charge in [-0.3, -0.25) is 0 Å². The molecule has 0 amide bonds. The van der Waals surface area contributed by atoms with Gasteiger partial charge in [0.05, 0.1) is 26.1 Å². The highest BCUT2D eigenvalue weighted by Gasteiger charge is 1.96. The van der Waals surface area contributed by atoms with E-state index in [2.05, 4.69) is 22.2 Å². The van der Waals surface area contributed by atoms with Crippen molar-refractivity contribution >= 4 is 5.95 Å². The van der Waals surface area contributed by atoms with Crippen molar-refractivity contribution in [3.05, 3.63) is 12.4 Å². The number of nitrogens with one attached hydrogen (secondary N) is 1. The van der Waals surface area contributed by atoms with Gasteiger partial charge in [-0.05, 0) is 6.42 Å². The molecule has 16 heavy (non-hydrogen) atoms. The zero-order chi connectivity index (χ0) is 11.6. The molecular weight excluding hydrogens is 206 g/mol. The van der Waals surface area contributed by atoms with Crippen molar-refractivity contribution < 1.29 is 9.47 Å². The summed E-state index contributed by atoms with van der Waals surface area (Å²) in [5, 5.41) is 3.07. The van der Waals surface area contributed by atoms with Crippen LogP contribution in [0.4, 0.5) is 5.95 Å². The summed E-state index contributed by atoms with van der Waals surface area (Å²) in [6.07, 6.45) is 5.54. The molecule has 1 heterocycles. The summed E-state index contributed by atoms with van der Waals surface area (Å²) >= 11 is 0. The minimum absolute atomic E-state index is 0.597. The Balaban J connectivity index is 2.12. The number of hydrogen-bond donors (Lipinski definition) is 1. The molecule has 0 aliphatic heterocycles. The number of rotatable bonds is 8. The predicted molar refractivity (Wildman–Crippen MR) is 62.8 cm³/mol. The maximum atomic E-state index is 5.40. The van der Waals surface area contributed by atoms with Crippen molar-refractivity contribution in [1.29, 1.82) is 0 Å². The number of ether oxygens (including phenoxy) is 2. The van der Waals surface area contributed by atoms with Crippen molar-refractivity contribution in [1.82, 2.24) is 9.97 Å². The molecule has 0 fully saturated rings. The molecule has 0 aromatic carbocycles. The van der Waals surface area contributed by atoms with Crippen LogP contribution in [0.1, 0.15) is 19.8 Å². The van der Waals surface area contributed by atoms with Gasteiger partial charge in [0.2, 0.25) is 5.95 Å². The zero-order valence-corrected chi connectivity index (χ0v) is 9.90. The van der Waals surface area contributed by atoms with E-state index in [1.807, 2.05) is 0 Å². The molecule has 1 rings (SSSR count). The van der Waals surface area contributed by atoms with Crippen LogP contribution in [0.15, 0.2) is 12.4 Å². The van der Waals surface area contributed by atoms with E-state index < -0.39 is 0 Å².